The highest BCUT2D eigenvalue weighted by atomic mass is 35.5. The molecule has 6 aromatic carbocycles. The second-order valence-electron chi connectivity index (χ2n) is 10.1. The van der Waals surface area contributed by atoms with Gasteiger partial charge in [0.25, 0.3) is 0 Å². The van der Waals surface area contributed by atoms with Gasteiger partial charge in [0, 0.05) is 32.5 Å². The van der Waals surface area contributed by atoms with Crippen molar-refractivity contribution in [2.75, 3.05) is 5.32 Å². The second kappa shape index (κ2) is 14.0. The van der Waals surface area contributed by atoms with Crippen LogP contribution in [0.4, 0.5) is 11.4 Å². The van der Waals surface area contributed by atoms with E-state index >= 15 is 0 Å². The standard InChI is InChI=1S/C38H27Cl2NO4/c39-29-7-3-27(4-8-29)38(42)28-5-17-35(18-6-28)45-37-23-13-32(14-24-37)41-31-11-21-36(22-12-31)44-34-15-1-26(2-16-34)25-43-33-19-9-30(40)10-20-33/h1-24,41H,25H2. The summed E-state index contributed by atoms with van der Waals surface area (Å²) in [7, 11) is 0. The minimum atomic E-state index is -0.0699. The van der Waals surface area contributed by atoms with Crippen molar-refractivity contribution in [2.45, 2.75) is 6.61 Å². The molecule has 0 aliphatic carbocycles. The molecule has 1 N–H and O–H groups in total. The predicted molar refractivity (Wildman–Crippen MR) is 180 cm³/mol. The lowest BCUT2D eigenvalue weighted by molar-refractivity contribution is 0.103. The maximum absolute atomic E-state index is 12.7. The zero-order valence-electron chi connectivity index (χ0n) is 24.0. The highest BCUT2D eigenvalue weighted by Crippen LogP contribution is 2.28. The van der Waals surface area contributed by atoms with Gasteiger partial charge in [-0.3, -0.25) is 4.79 Å². The van der Waals surface area contributed by atoms with Gasteiger partial charge in [-0.05, 0) is 139 Å². The number of hydrogen-bond donors (Lipinski definition) is 1. The Hall–Kier alpha value is -5.23. The van der Waals surface area contributed by atoms with E-state index in [2.05, 4.69) is 5.32 Å². The largest absolute Gasteiger partial charge is 0.489 e. The molecule has 0 unspecified atom stereocenters. The van der Waals surface area contributed by atoms with Crippen molar-refractivity contribution in [3.05, 3.63) is 172 Å². The molecule has 5 nitrogen and oxygen atoms in total. The lowest BCUT2D eigenvalue weighted by Gasteiger charge is -2.11. The van der Waals surface area contributed by atoms with Crippen LogP contribution in [0.3, 0.4) is 0 Å². The van der Waals surface area contributed by atoms with Gasteiger partial charge < -0.3 is 19.5 Å². The van der Waals surface area contributed by atoms with Crippen LogP contribution < -0.4 is 19.5 Å². The summed E-state index contributed by atoms with van der Waals surface area (Å²) in [4.78, 5) is 12.7. The van der Waals surface area contributed by atoms with Crippen LogP contribution in [0.25, 0.3) is 0 Å². The normalized spacial score (nSPS) is 10.6. The van der Waals surface area contributed by atoms with Gasteiger partial charge in [-0.2, -0.15) is 0 Å². The molecule has 0 saturated heterocycles. The van der Waals surface area contributed by atoms with E-state index < -0.39 is 0 Å². The Morgan fingerprint density at radius 1 is 0.467 bits per heavy atom. The van der Waals surface area contributed by atoms with Gasteiger partial charge in [-0.15, -0.1) is 0 Å². The molecule has 0 aliphatic rings. The zero-order valence-corrected chi connectivity index (χ0v) is 25.5. The minimum Gasteiger partial charge on any atom is -0.489 e. The van der Waals surface area contributed by atoms with E-state index in [1.165, 1.54) is 0 Å². The summed E-state index contributed by atoms with van der Waals surface area (Å²) in [5.74, 6) is 3.49. The van der Waals surface area contributed by atoms with Crippen molar-refractivity contribution < 1.29 is 19.0 Å². The number of nitrogens with one attached hydrogen (secondary N) is 1. The first-order chi connectivity index (χ1) is 22.0. The molecule has 0 atom stereocenters. The molecule has 0 fully saturated rings. The van der Waals surface area contributed by atoms with Crippen molar-refractivity contribution in [1.82, 2.24) is 0 Å². The molecule has 222 valence electrons. The lowest BCUT2D eigenvalue weighted by atomic mass is 10.0. The third-order valence-corrected chi connectivity index (χ3v) is 7.34. The number of benzene rings is 6. The maximum atomic E-state index is 12.7. The molecule has 0 radical (unpaired) electrons. The Bertz CT molecular complexity index is 1860. The fourth-order valence-electron chi connectivity index (χ4n) is 4.44. The number of halogens is 2. The maximum Gasteiger partial charge on any atom is 0.193 e. The lowest BCUT2D eigenvalue weighted by Crippen LogP contribution is -2.00. The Balaban J connectivity index is 0.981. The van der Waals surface area contributed by atoms with Crippen LogP contribution in [0.15, 0.2) is 146 Å². The fraction of sp³-hybridized carbons (Fsp3) is 0.0263. The molecule has 6 aromatic rings. The summed E-state index contributed by atoms with van der Waals surface area (Å²) in [6, 6.07) is 44.4. The van der Waals surface area contributed by atoms with Gasteiger partial charge >= 0.3 is 0 Å². The quantitative estimate of drug-likeness (QED) is 0.144. The Morgan fingerprint density at radius 3 is 1.29 bits per heavy atom. The van der Waals surface area contributed by atoms with Crippen molar-refractivity contribution in [3.63, 3.8) is 0 Å². The van der Waals surface area contributed by atoms with Gasteiger partial charge in [-0.1, -0.05) is 35.3 Å². The summed E-state index contributed by atoms with van der Waals surface area (Å²) < 4.78 is 17.8. The Morgan fingerprint density at radius 2 is 0.822 bits per heavy atom. The highest BCUT2D eigenvalue weighted by Gasteiger charge is 2.09. The number of carbonyl (C=O) groups is 1. The molecule has 0 amide bonds. The van der Waals surface area contributed by atoms with Crippen molar-refractivity contribution >= 4 is 40.4 Å². The van der Waals surface area contributed by atoms with Crippen molar-refractivity contribution in [1.29, 1.82) is 0 Å². The minimum absolute atomic E-state index is 0.0699. The monoisotopic (exact) mass is 631 g/mol. The topological polar surface area (TPSA) is 56.8 Å². The summed E-state index contributed by atoms with van der Waals surface area (Å²) >= 11 is 11.8. The third kappa shape index (κ3) is 8.24. The molecular formula is C38H27Cl2NO4. The summed E-state index contributed by atoms with van der Waals surface area (Å²) in [5.41, 5.74) is 4.03. The molecule has 0 saturated carbocycles. The second-order valence-corrected chi connectivity index (χ2v) is 11.0. The third-order valence-electron chi connectivity index (χ3n) is 6.83. The fourth-order valence-corrected chi connectivity index (χ4v) is 4.70. The van der Waals surface area contributed by atoms with Crippen LogP contribution in [0.2, 0.25) is 10.0 Å². The van der Waals surface area contributed by atoms with Crippen LogP contribution in [0.1, 0.15) is 21.5 Å². The van der Waals surface area contributed by atoms with Gasteiger partial charge in [0.05, 0.1) is 0 Å². The average Bonchev–Trinajstić information content (AvgIpc) is 3.07. The number of ether oxygens (including phenoxy) is 3. The van der Waals surface area contributed by atoms with Gasteiger partial charge in [-0.25, -0.2) is 0 Å². The van der Waals surface area contributed by atoms with E-state index in [0.717, 1.165) is 34.2 Å². The summed E-state index contributed by atoms with van der Waals surface area (Å²) in [6.07, 6.45) is 0. The molecule has 0 bridgehead atoms. The van der Waals surface area contributed by atoms with Crippen LogP contribution in [0.5, 0.6) is 28.7 Å². The van der Waals surface area contributed by atoms with E-state index in [9.17, 15) is 4.79 Å². The molecule has 0 spiro atoms. The van der Waals surface area contributed by atoms with Crippen LogP contribution >= 0.6 is 23.2 Å². The van der Waals surface area contributed by atoms with Gasteiger partial charge in [0.2, 0.25) is 0 Å². The molecule has 0 heterocycles. The van der Waals surface area contributed by atoms with E-state index in [0.29, 0.717) is 39.3 Å². The summed E-state index contributed by atoms with van der Waals surface area (Å²) in [6.45, 7) is 0.455. The SMILES string of the molecule is O=C(c1ccc(Cl)cc1)c1ccc(Oc2ccc(Nc3ccc(Oc4ccc(COc5ccc(Cl)cc5)cc4)cc3)cc2)cc1. The van der Waals surface area contributed by atoms with E-state index in [1.54, 1.807) is 60.7 Å². The zero-order chi connectivity index (χ0) is 31.0. The first-order valence-corrected chi connectivity index (χ1v) is 14.9. The van der Waals surface area contributed by atoms with Gasteiger partial charge in [0.1, 0.15) is 35.4 Å². The molecular weight excluding hydrogens is 605 g/mol. The number of hydrogen-bond acceptors (Lipinski definition) is 5. The number of rotatable bonds is 11. The van der Waals surface area contributed by atoms with Gasteiger partial charge in [0.15, 0.2) is 5.78 Å². The predicted octanol–water partition coefficient (Wildman–Crippen LogP) is 11.1. The van der Waals surface area contributed by atoms with Crippen LogP contribution in [-0.4, -0.2) is 5.78 Å². The first kappa shape index (κ1) is 29.8. The van der Waals surface area contributed by atoms with E-state index in [-0.39, 0.29) is 5.78 Å². The Kier molecular flexibility index (Phi) is 9.30. The van der Waals surface area contributed by atoms with Crippen molar-refractivity contribution in [2.24, 2.45) is 0 Å². The molecule has 7 heteroatoms. The van der Waals surface area contributed by atoms with E-state index in [4.69, 9.17) is 37.4 Å². The first-order valence-electron chi connectivity index (χ1n) is 14.2. The number of ketones is 1. The molecule has 0 aromatic heterocycles. The molecule has 6 rings (SSSR count). The highest BCUT2D eigenvalue weighted by molar-refractivity contribution is 6.31. The van der Waals surface area contributed by atoms with E-state index in [1.807, 2.05) is 84.9 Å². The summed E-state index contributed by atoms with van der Waals surface area (Å²) in [5, 5.41) is 4.66. The van der Waals surface area contributed by atoms with Crippen molar-refractivity contribution in [3.8, 4) is 28.7 Å². The van der Waals surface area contributed by atoms with Crippen LogP contribution in [-0.2, 0) is 6.61 Å². The smallest absolute Gasteiger partial charge is 0.193 e. The number of anilines is 2. The van der Waals surface area contributed by atoms with Crippen LogP contribution in [0, 0.1) is 0 Å². The Labute approximate surface area is 271 Å². The molecule has 45 heavy (non-hydrogen) atoms. The molecule has 0 aliphatic heterocycles. The average molecular weight is 633 g/mol. The number of carbonyl (C=O) groups excluding carboxylic acids is 1.